The highest BCUT2D eigenvalue weighted by atomic mass is 32.1. The van der Waals surface area contributed by atoms with Gasteiger partial charge in [0.1, 0.15) is 0 Å². The fourth-order valence-corrected chi connectivity index (χ4v) is 1.93. The van der Waals surface area contributed by atoms with Gasteiger partial charge in [-0.1, -0.05) is 6.92 Å². The van der Waals surface area contributed by atoms with Crippen molar-refractivity contribution in [1.29, 1.82) is 0 Å². The van der Waals surface area contributed by atoms with Gasteiger partial charge in [-0.3, -0.25) is 0 Å². The zero-order valence-corrected chi connectivity index (χ0v) is 8.81. The first-order valence-corrected chi connectivity index (χ1v) is 5.66. The first-order valence-electron chi connectivity index (χ1n) is 4.72. The van der Waals surface area contributed by atoms with Gasteiger partial charge in [-0.05, 0) is 35.2 Å². The number of rotatable bonds is 6. The van der Waals surface area contributed by atoms with Crippen LogP contribution in [0.1, 0.15) is 25.3 Å². The van der Waals surface area contributed by atoms with Gasteiger partial charge in [-0.2, -0.15) is 11.3 Å². The molecule has 1 rings (SSSR count). The Morgan fingerprint density at radius 3 is 3.00 bits per heavy atom. The molecular weight excluding hydrogens is 182 g/mol. The van der Waals surface area contributed by atoms with E-state index >= 15 is 0 Å². The third-order valence-electron chi connectivity index (χ3n) is 2.15. The zero-order chi connectivity index (χ0) is 9.52. The van der Waals surface area contributed by atoms with Gasteiger partial charge < -0.3 is 10.4 Å². The molecule has 0 saturated carbocycles. The minimum atomic E-state index is 0.273. The average molecular weight is 199 g/mol. The van der Waals surface area contributed by atoms with Crippen molar-refractivity contribution in [2.45, 2.75) is 32.4 Å². The van der Waals surface area contributed by atoms with Crippen LogP contribution in [0.4, 0.5) is 0 Å². The number of aliphatic hydroxyl groups excluding tert-OH is 1. The van der Waals surface area contributed by atoms with Crippen LogP contribution in [-0.2, 0) is 6.54 Å². The Balaban J connectivity index is 2.23. The van der Waals surface area contributed by atoms with E-state index in [-0.39, 0.29) is 6.61 Å². The Labute approximate surface area is 83.6 Å². The molecule has 1 heterocycles. The highest BCUT2D eigenvalue weighted by Gasteiger charge is 2.03. The van der Waals surface area contributed by atoms with E-state index in [2.05, 4.69) is 29.1 Å². The van der Waals surface area contributed by atoms with E-state index in [1.54, 1.807) is 11.3 Å². The van der Waals surface area contributed by atoms with Gasteiger partial charge in [0.05, 0.1) is 0 Å². The van der Waals surface area contributed by atoms with Gasteiger partial charge in [0.15, 0.2) is 0 Å². The molecule has 1 aromatic heterocycles. The summed E-state index contributed by atoms with van der Waals surface area (Å²) in [7, 11) is 0. The van der Waals surface area contributed by atoms with Crippen LogP contribution in [-0.4, -0.2) is 17.8 Å². The van der Waals surface area contributed by atoms with E-state index in [0.717, 1.165) is 19.4 Å². The van der Waals surface area contributed by atoms with E-state index in [1.165, 1.54) is 5.56 Å². The number of hydrogen-bond acceptors (Lipinski definition) is 3. The molecule has 0 amide bonds. The number of hydrogen-bond donors (Lipinski definition) is 2. The maximum absolute atomic E-state index is 8.79. The average Bonchev–Trinajstić information content (AvgIpc) is 2.64. The fourth-order valence-electron chi connectivity index (χ4n) is 1.26. The lowest BCUT2D eigenvalue weighted by Gasteiger charge is -2.14. The second-order valence-corrected chi connectivity index (χ2v) is 3.91. The van der Waals surface area contributed by atoms with Gasteiger partial charge in [-0.25, -0.2) is 0 Å². The SMILES string of the molecule is CCC(CCO)NCc1ccsc1. The van der Waals surface area contributed by atoms with Crippen molar-refractivity contribution in [3.8, 4) is 0 Å². The summed E-state index contributed by atoms with van der Waals surface area (Å²) in [5.41, 5.74) is 1.33. The quantitative estimate of drug-likeness (QED) is 0.734. The van der Waals surface area contributed by atoms with Crippen molar-refractivity contribution in [2.24, 2.45) is 0 Å². The second kappa shape index (κ2) is 6.13. The Morgan fingerprint density at radius 1 is 1.62 bits per heavy atom. The molecule has 0 saturated heterocycles. The third-order valence-corrected chi connectivity index (χ3v) is 2.88. The Morgan fingerprint density at radius 2 is 2.46 bits per heavy atom. The Hall–Kier alpha value is -0.380. The molecule has 0 spiro atoms. The predicted molar refractivity (Wildman–Crippen MR) is 56.9 cm³/mol. The van der Waals surface area contributed by atoms with Crippen LogP contribution in [0.2, 0.25) is 0 Å². The molecule has 0 radical (unpaired) electrons. The lowest BCUT2D eigenvalue weighted by atomic mass is 10.1. The van der Waals surface area contributed by atoms with Gasteiger partial charge in [0.25, 0.3) is 0 Å². The van der Waals surface area contributed by atoms with E-state index in [1.807, 2.05) is 0 Å². The van der Waals surface area contributed by atoms with Gasteiger partial charge in [0, 0.05) is 19.2 Å². The molecule has 0 aliphatic heterocycles. The summed E-state index contributed by atoms with van der Waals surface area (Å²) < 4.78 is 0. The molecule has 1 atom stereocenters. The molecule has 0 aliphatic rings. The van der Waals surface area contributed by atoms with E-state index in [9.17, 15) is 0 Å². The van der Waals surface area contributed by atoms with Crippen LogP contribution in [0.25, 0.3) is 0 Å². The maximum atomic E-state index is 8.79. The molecule has 0 fully saturated rings. The lowest BCUT2D eigenvalue weighted by Crippen LogP contribution is -2.28. The Bertz CT molecular complexity index is 211. The number of thiophene rings is 1. The zero-order valence-electron chi connectivity index (χ0n) is 7.99. The number of nitrogens with one attached hydrogen (secondary N) is 1. The predicted octanol–water partition coefficient (Wildman–Crippen LogP) is 2.00. The highest BCUT2D eigenvalue weighted by Crippen LogP contribution is 2.06. The van der Waals surface area contributed by atoms with Crippen LogP contribution in [0.5, 0.6) is 0 Å². The summed E-state index contributed by atoms with van der Waals surface area (Å²) >= 11 is 1.72. The summed E-state index contributed by atoms with van der Waals surface area (Å²) in [5, 5.41) is 16.4. The lowest BCUT2D eigenvalue weighted by molar-refractivity contribution is 0.262. The summed E-state index contributed by atoms with van der Waals surface area (Å²) in [5.74, 6) is 0. The van der Waals surface area contributed by atoms with Crippen molar-refractivity contribution in [1.82, 2.24) is 5.32 Å². The molecule has 3 heteroatoms. The van der Waals surface area contributed by atoms with Crippen molar-refractivity contribution >= 4 is 11.3 Å². The van der Waals surface area contributed by atoms with Crippen LogP contribution >= 0.6 is 11.3 Å². The van der Waals surface area contributed by atoms with Crippen LogP contribution in [0.3, 0.4) is 0 Å². The van der Waals surface area contributed by atoms with Crippen LogP contribution < -0.4 is 5.32 Å². The summed E-state index contributed by atoms with van der Waals surface area (Å²) in [6.07, 6.45) is 1.92. The first kappa shape index (κ1) is 10.7. The highest BCUT2D eigenvalue weighted by molar-refractivity contribution is 7.07. The van der Waals surface area contributed by atoms with Crippen LogP contribution in [0, 0.1) is 0 Å². The molecule has 0 aliphatic carbocycles. The molecule has 0 bridgehead atoms. The van der Waals surface area contributed by atoms with Crippen molar-refractivity contribution in [3.05, 3.63) is 22.4 Å². The van der Waals surface area contributed by atoms with E-state index in [0.29, 0.717) is 6.04 Å². The smallest absolute Gasteiger partial charge is 0.0445 e. The normalized spacial score (nSPS) is 13.1. The van der Waals surface area contributed by atoms with Gasteiger partial charge >= 0.3 is 0 Å². The van der Waals surface area contributed by atoms with Crippen molar-refractivity contribution < 1.29 is 5.11 Å². The van der Waals surface area contributed by atoms with Gasteiger partial charge in [0.2, 0.25) is 0 Å². The summed E-state index contributed by atoms with van der Waals surface area (Å²) in [4.78, 5) is 0. The first-order chi connectivity index (χ1) is 6.36. The fraction of sp³-hybridized carbons (Fsp3) is 0.600. The minimum Gasteiger partial charge on any atom is -0.396 e. The monoisotopic (exact) mass is 199 g/mol. The molecule has 13 heavy (non-hydrogen) atoms. The van der Waals surface area contributed by atoms with Gasteiger partial charge in [-0.15, -0.1) is 0 Å². The van der Waals surface area contributed by atoms with E-state index in [4.69, 9.17) is 5.11 Å². The van der Waals surface area contributed by atoms with Crippen molar-refractivity contribution in [2.75, 3.05) is 6.61 Å². The topological polar surface area (TPSA) is 32.3 Å². The molecule has 74 valence electrons. The standard InChI is InChI=1S/C10H17NOS/c1-2-10(3-5-12)11-7-9-4-6-13-8-9/h4,6,8,10-12H,2-3,5,7H2,1H3. The van der Waals surface area contributed by atoms with Crippen molar-refractivity contribution in [3.63, 3.8) is 0 Å². The number of aliphatic hydroxyl groups is 1. The molecule has 2 N–H and O–H groups in total. The van der Waals surface area contributed by atoms with E-state index < -0.39 is 0 Å². The second-order valence-electron chi connectivity index (χ2n) is 3.13. The summed E-state index contributed by atoms with van der Waals surface area (Å²) in [6.45, 7) is 3.33. The molecular formula is C10H17NOS. The maximum Gasteiger partial charge on any atom is 0.0445 e. The third kappa shape index (κ3) is 3.89. The molecule has 0 aromatic carbocycles. The molecule has 2 nitrogen and oxygen atoms in total. The largest absolute Gasteiger partial charge is 0.396 e. The Kier molecular flexibility index (Phi) is 5.05. The summed E-state index contributed by atoms with van der Waals surface area (Å²) in [6, 6.07) is 2.58. The minimum absolute atomic E-state index is 0.273. The van der Waals surface area contributed by atoms with Crippen LogP contribution in [0.15, 0.2) is 16.8 Å². The molecule has 1 unspecified atom stereocenters. The molecule has 1 aromatic rings.